The maximum absolute atomic E-state index is 16.1. The highest BCUT2D eigenvalue weighted by Crippen LogP contribution is 2.43. The Kier molecular flexibility index (Phi) is 13.2. The summed E-state index contributed by atoms with van der Waals surface area (Å²) < 4.78 is 43.7. The predicted molar refractivity (Wildman–Crippen MR) is 252 cm³/mol. The van der Waals surface area contributed by atoms with Crippen LogP contribution in [0.15, 0.2) is 73.1 Å². The lowest BCUT2D eigenvalue weighted by molar-refractivity contribution is -0.134. The van der Waals surface area contributed by atoms with Crippen LogP contribution in [0.25, 0.3) is 21.8 Å². The Morgan fingerprint density at radius 1 is 0.938 bits per heavy atom. The van der Waals surface area contributed by atoms with Crippen molar-refractivity contribution in [3.63, 3.8) is 0 Å². The van der Waals surface area contributed by atoms with E-state index in [1.165, 1.54) is 23.0 Å². The average molecular weight is 908 g/mol. The van der Waals surface area contributed by atoms with Crippen LogP contribution in [-0.4, -0.2) is 83.5 Å². The number of anilines is 4. The molecule has 3 saturated heterocycles. The van der Waals surface area contributed by atoms with Crippen molar-refractivity contribution >= 4 is 56.3 Å². The number of aromatic nitrogens is 4. The van der Waals surface area contributed by atoms with Crippen molar-refractivity contribution in [2.75, 3.05) is 53.4 Å². The number of imide groups is 1. The average Bonchev–Trinajstić information content (AvgIpc) is 3.72. The largest absolute Gasteiger partial charge is 0.357 e. The summed E-state index contributed by atoms with van der Waals surface area (Å²) in [5.41, 5.74) is 3.96. The molecular formula is C48H58FN9O4S2. The first-order chi connectivity index (χ1) is 30.6. The molecule has 6 heterocycles. The maximum Gasteiger partial charge on any atom is 0.234 e. The minimum atomic E-state index is -3.71. The van der Waals surface area contributed by atoms with Crippen molar-refractivity contribution in [3.8, 4) is 21.8 Å². The van der Waals surface area contributed by atoms with Crippen molar-refractivity contribution in [3.05, 3.63) is 95.0 Å². The highest BCUT2D eigenvalue weighted by Gasteiger charge is 2.35. The first kappa shape index (κ1) is 45.3. The molecule has 338 valence electrons. The summed E-state index contributed by atoms with van der Waals surface area (Å²) in [6.45, 7) is 15.3. The molecular weight excluding hydrogens is 850 g/mol. The van der Waals surface area contributed by atoms with Crippen LogP contribution in [0.3, 0.4) is 0 Å². The molecule has 16 heteroatoms. The summed E-state index contributed by atoms with van der Waals surface area (Å²) >= 11 is 1.44. The molecule has 0 saturated carbocycles. The molecule has 2 aromatic carbocycles. The van der Waals surface area contributed by atoms with E-state index in [0.29, 0.717) is 47.4 Å². The van der Waals surface area contributed by atoms with Gasteiger partial charge < -0.3 is 15.1 Å². The Bertz CT molecular complexity index is 2600. The van der Waals surface area contributed by atoms with Crippen molar-refractivity contribution in [2.45, 2.75) is 96.8 Å². The van der Waals surface area contributed by atoms with Gasteiger partial charge in [-0.25, -0.2) is 32.7 Å². The van der Waals surface area contributed by atoms with E-state index < -0.39 is 15.8 Å². The van der Waals surface area contributed by atoms with Gasteiger partial charge in [-0.3, -0.25) is 19.6 Å². The Labute approximate surface area is 379 Å². The van der Waals surface area contributed by atoms with Crippen LogP contribution in [-0.2, 0) is 25.0 Å². The van der Waals surface area contributed by atoms with Gasteiger partial charge in [0.25, 0.3) is 0 Å². The molecule has 64 heavy (non-hydrogen) atoms. The molecule has 3 aromatic heterocycles. The van der Waals surface area contributed by atoms with Crippen LogP contribution >= 0.6 is 11.3 Å². The molecule has 0 aliphatic carbocycles. The molecule has 3 aliphatic rings. The second kappa shape index (κ2) is 18.6. The Balaban J connectivity index is 0.887. The Morgan fingerprint density at radius 3 is 2.41 bits per heavy atom. The Morgan fingerprint density at radius 2 is 1.70 bits per heavy atom. The molecule has 0 unspecified atom stereocenters. The molecule has 3 N–H and O–H groups in total. The van der Waals surface area contributed by atoms with Gasteiger partial charge in [-0.15, -0.1) is 11.3 Å². The third-order valence-corrected chi connectivity index (χ3v) is 15.6. The summed E-state index contributed by atoms with van der Waals surface area (Å²) in [6, 6.07) is 18.9. The van der Waals surface area contributed by atoms with E-state index in [1.807, 2.05) is 18.2 Å². The number of sulfonamides is 1. The van der Waals surface area contributed by atoms with E-state index in [9.17, 15) is 18.0 Å². The van der Waals surface area contributed by atoms with Crippen LogP contribution in [0.2, 0.25) is 0 Å². The van der Waals surface area contributed by atoms with Gasteiger partial charge in [-0.2, -0.15) is 0 Å². The topological polar surface area (TPSA) is 162 Å². The number of likely N-dealkylation sites (tertiary alicyclic amines) is 1. The van der Waals surface area contributed by atoms with Crippen LogP contribution in [0.5, 0.6) is 0 Å². The number of thiazole rings is 1. The van der Waals surface area contributed by atoms with Crippen molar-refractivity contribution < 1.29 is 22.4 Å². The monoisotopic (exact) mass is 907 g/mol. The van der Waals surface area contributed by atoms with Gasteiger partial charge in [0.15, 0.2) is 5.82 Å². The van der Waals surface area contributed by atoms with Crippen molar-refractivity contribution in [1.82, 2.24) is 30.2 Å². The zero-order valence-electron chi connectivity index (χ0n) is 37.3. The number of piperidine rings is 3. The fourth-order valence-electron chi connectivity index (χ4n) is 9.02. The zero-order chi connectivity index (χ0) is 45.2. The van der Waals surface area contributed by atoms with Gasteiger partial charge in [-0.1, -0.05) is 58.9 Å². The molecule has 3 aliphatic heterocycles. The third kappa shape index (κ3) is 10.4. The number of amides is 2. The van der Waals surface area contributed by atoms with E-state index in [4.69, 9.17) is 15.0 Å². The minimum Gasteiger partial charge on any atom is -0.357 e. The third-order valence-electron chi connectivity index (χ3n) is 12.7. The van der Waals surface area contributed by atoms with Crippen molar-refractivity contribution in [2.24, 2.45) is 5.41 Å². The summed E-state index contributed by atoms with van der Waals surface area (Å²) in [5.74, 6) is 0.209. The number of nitrogens with zero attached hydrogens (tertiary/aromatic N) is 6. The van der Waals surface area contributed by atoms with E-state index >= 15 is 4.39 Å². The standard InChI is InChI=1S/C48H58FN9O4S2/c1-6-27-64(61,62)56-37-12-8-11-36(41(37)49)42-43(63-45(55-42)47(2,3)4)38-17-22-50-46(53-38)52-34-10-7-9-32(28-34)31-18-23-57(24-19-31)30-48(5)20-25-58(26-21-48)39-15-13-33(29-51-39)35-14-16-40(59)54-44(35)60/h7-13,15,17,22,28-29,31,35,56H,6,14,16,18-21,23-27,30H2,1-5H3,(H,50,52,53)(H,54,59,60)/t35-/m0/s1. The van der Waals surface area contributed by atoms with Crippen LogP contribution in [0.1, 0.15) is 108 Å². The summed E-state index contributed by atoms with van der Waals surface area (Å²) in [4.78, 5) is 48.6. The van der Waals surface area contributed by atoms with Gasteiger partial charge >= 0.3 is 0 Å². The normalized spacial score (nSPS) is 18.8. The quantitative estimate of drug-likeness (QED) is 0.0967. The number of nitrogens with one attached hydrogen (secondary N) is 3. The number of rotatable bonds is 13. The minimum absolute atomic E-state index is 0.110. The predicted octanol–water partition coefficient (Wildman–Crippen LogP) is 9.00. The molecule has 13 nitrogen and oxygen atoms in total. The fourth-order valence-corrected chi connectivity index (χ4v) is 11.3. The molecule has 0 spiro atoms. The lowest BCUT2D eigenvalue weighted by atomic mass is 9.79. The van der Waals surface area contributed by atoms with Gasteiger partial charge in [0.1, 0.15) is 5.82 Å². The molecule has 2 amide bonds. The van der Waals surface area contributed by atoms with Gasteiger partial charge in [-0.05, 0) is 110 Å². The highest BCUT2D eigenvalue weighted by molar-refractivity contribution is 7.92. The molecule has 5 aromatic rings. The molecule has 3 fully saturated rings. The second-order valence-electron chi connectivity index (χ2n) is 18.9. The van der Waals surface area contributed by atoms with Gasteiger partial charge in [0.2, 0.25) is 27.8 Å². The molecule has 0 radical (unpaired) electrons. The number of carbonyl (C=O) groups excluding carboxylic acids is 2. The maximum atomic E-state index is 16.1. The lowest BCUT2D eigenvalue weighted by Gasteiger charge is -2.44. The van der Waals surface area contributed by atoms with Crippen LogP contribution < -0.4 is 20.3 Å². The van der Waals surface area contributed by atoms with Crippen molar-refractivity contribution in [1.29, 1.82) is 0 Å². The van der Waals surface area contributed by atoms with E-state index in [2.05, 4.69) is 76.0 Å². The van der Waals surface area contributed by atoms with E-state index in [-0.39, 0.29) is 45.6 Å². The number of hydrogen-bond donors (Lipinski definition) is 3. The molecule has 8 rings (SSSR count). The smallest absolute Gasteiger partial charge is 0.234 e. The Hall–Kier alpha value is -5.32. The fraction of sp³-hybridized carbons (Fsp3) is 0.458. The summed E-state index contributed by atoms with van der Waals surface area (Å²) in [5, 5.41) is 6.66. The highest BCUT2D eigenvalue weighted by atomic mass is 32.2. The molecule has 1 atom stereocenters. The van der Waals surface area contributed by atoms with E-state index in [1.54, 1.807) is 37.5 Å². The number of halogens is 1. The van der Waals surface area contributed by atoms with Gasteiger partial charge in [0.05, 0.1) is 38.6 Å². The molecule has 0 bridgehead atoms. The second-order valence-corrected chi connectivity index (χ2v) is 21.7. The SMILES string of the molecule is CCCS(=O)(=O)Nc1cccc(-c2nc(C(C)(C)C)sc2-c2ccnc(Nc3cccc(C4CCN(CC5(C)CCN(c6ccc([C@@H]7CCC(=O)NC7=O)cn6)CC5)CC4)c3)n2)c1F. The van der Waals surface area contributed by atoms with E-state index in [0.717, 1.165) is 80.5 Å². The number of benzene rings is 2. The summed E-state index contributed by atoms with van der Waals surface area (Å²) in [6.07, 6.45) is 9.07. The number of pyridine rings is 1. The lowest BCUT2D eigenvalue weighted by Crippen LogP contribution is -2.46. The summed E-state index contributed by atoms with van der Waals surface area (Å²) in [7, 11) is -3.71. The first-order valence-electron chi connectivity index (χ1n) is 22.3. The number of hydrogen-bond acceptors (Lipinski definition) is 12. The zero-order valence-corrected chi connectivity index (χ0v) is 38.9. The first-order valence-corrected chi connectivity index (χ1v) is 24.8. The van der Waals surface area contributed by atoms with Gasteiger partial charge in [0, 0.05) is 55.1 Å². The van der Waals surface area contributed by atoms with Crippen LogP contribution in [0.4, 0.5) is 27.5 Å². The van der Waals surface area contributed by atoms with Crippen LogP contribution in [0, 0.1) is 11.2 Å². The number of carbonyl (C=O) groups is 2.